The number of aromatic nitrogens is 2. The van der Waals surface area contributed by atoms with Crippen LogP contribution in [0.4, 0.5) is 0 Å². The van der Waals surface area contributed by atoms with Crippen molar-refractivity contribution in [3.05, 3.63) is 18.2 Å². The second-order valence-electron chi connectivity index (χ2n) is 6.66. The zero-order chi connectivity index (χ0) is 19.2. The number of hydrogen-bond donors (Lipinski definition) is 1. The quantitative estimate of drug-likeness (QED) is 0.722. The van der Waals surface area contributed by atoms with Gasteiger partial charge in [0, 0.05) is 12.1 Å². The van der Waals surface area contributed by atoms with Gasteiger partial charge in [-0.3, -0.25) is 4.79 Å². The summed E-state index contributed by atoms with van der Waals surface area (Å²) in [6.07, 6.45) is 4.66. The average Bonchev–Trinajstić information content (AvgIpc) is 3.16. The van der Waals surface area contributed by atoms with Gasteiger partial charge in [-0.25, -0.2) is 0 Å². The average molecular weight is 391 g/mol. The molecule has 7 nitrogen and oxygen atoms in total. The molecule has 0 spiro atoms. The van der Waals surface area contributed by atoms with Crippen LogP contribution in [-0.4, -0.2) is 42.1 Å². The highest BCUT2D eigenvalue weighted by molar-refractivity contribution is 7.99. The van der Waals surface area contributed by atoms with Crippen molar-refractivity contribution in [3.8, 4) is 23.0 Å². The van der Waals surface area contributed by atoms with Gasteiger partial charge in [-0.1, -0.05) is 31.5 Å². The molecule has 2 aromatic rings. The van der Waals surface area contributed by atoms with E-state index in [0.29, 0.717) is 34.1 Å². The highest BCUT2D eigenvalue weighted by Crippen LogP contribution is 2.33. The minimum Gasteiger partial charge on any atom is -0.497 e. The van der Waals surface area contributed by atoms with Gasteiger partial charge in [0.1, 0.15) is 11.5 Å². The zero-order valence-electron chi connectivity index (χ0n) is 15.9. The Labute approximate surface area is 163 Å². The molecule has 1 aliphatic carbocycles. The van der Waals surface area contributed by atoms with Crippen LogP contribution in [0, 0.1) is 5.92 Å². The fraction of sp³-hybridized carbons (Fsp3) is 0.526. The van der Waals surface area contributed by atoms with Crippen molar-refractivity contribution in [2.24, 2.45) is 5.92 Å². The second kappa shape index (κ2) is 9.12. The van der Waals surface area contributed by atoms with Gasteiger partial charge in [-0.05, 0) is 30.9 Å². The fourth-order valence-corrected chi connectivity index (χ4v) is 3.83. The molecule has 0 saturated heterocycles. The molecule has 1 aromatic carbocycles. The van der Waals surface area contributed by atoms with Gasteiger partial charge in [0.2, 0.25) is 5.91 Å². The van der Waals surface area contributed by atoms with Crippen LogP contribution in [0.5, 0.6) is 11.5 Å². The summed E-state index contributed by atoms with van der Waals surface area (Å²) in [5.41, 5.74) is 0.679. The highest BCUT2D eigenvalue weighted by Gasteiger charge is 2.23. The predicted octanol–water partition coefficient (Wildman–Crippen LogP) is 3.54. The van der Waals surface area contributed by atoms with E-state index >= 15 is 0 Å². The Balaban J connectivity index is 1.59. The molecule has 0 radical (unpaired) electrons. The third kappa shape index (κ3) is 4.94. The van der Waals surface area contributed by atoms with Gasteiger partial charge >= 0.3 is 0 Å². The van der Waals surface area contributed by atoms with E-state index in [1.54, 1.807) is 32.4 Å². The van der Waals surface area contributed by atoms with E-state index in [0.717, 1.165) is 6.42 Å². The number of methoxy groups -OCH3 is 2. The highest BCUT2D eigenvalue weighted by atomic mass is 32.2. The number of nitrogens with one attached hydrogen (secondary N) is 1. The number of benzene rings is 1. The SMILES string of the molecule is COc1ccc(-c2nnc(SCC(=O)N[C@@H]3CCCC[C@@H]3C)o2)c(OC)c1. The maximum absolute atomic E-state index is 12.2. The second-order valence-corrected chi connectivity index (χ2v) is 7.59. The Bertz CT molecular complexity index is 780. The first-order valence-corrected chi connectivity index (χ1v) is 10.1. The van der Waals surface area contributed by atoms with E-state index in [4.69, 9.17) is 13.9 Å². The third-order valence-corrected chi connectivity index (χ3v) is 5.65. The molecule has 1 N–H and O–H groups in total. The summed E-state index contributed by atoms with van der Waals surface area (Å²) >= 11 is 1.24. The Morgan fingerprint density at radius 2 is 2.07 bits per heavy atom. The van der Waals surface area contributed by atoms with Crippen molar-refractivity contribution in [1.29, 1.82) is 0 Å². The molecule has 1 saturated carbocycles. The maximum atomic E-state index is 12.2. The molecule has 0 aliphatic heterocycles. The summed E-state index contributed by atoms with van der Waals surface area (Å²) in [6.45, 7) is 2.20. The van der Waals surface area contributed by atoms with Crippen LogP contribution >= 0.6 is 11.8 Å². The summed E-state index contributed by atoms with van der Waals surface area (Å²) in [6, 6.07) is 5.63. The topological polar surface area (TPSA) is 86.5 Å². The summed E-state index contributed by atoms with van der Waals surface area (Å²) in [5, 5.41) is 11.6. The van der Waals surface area contributed by atoms with Crippen molar-refractivity contribution in [2.75, 3.05) is 20.0 Å². The van der Waals surface area contributed by atoms with Crippen molar-refractivity contribution in [1.82, 2.24) is 15.5 Å². The third-order valence-electron chi connectivity index (χ3n) is 4.83. The standard InChI is InChI=1S/C19H25N3O4S/c1-12-6-4-5-7-15(12)20-17(23)11-27-19-22-21-18(26-19)14-9-8-13(24-2)10-16(14)25-3/h8-10,12,15H,4-7,11H2,1-3H3,(H,20,23)/t12-,15+/m0/s1. The smallest absolute Gasteiger partial charge is 0.277 e. The fourth-order valence-electron chi connectivity index (χ4n) is 3.26. The molecule has 27 heavy (non-hydrogen) atoms. The largest absolute Gasteiger partial charge is 0.497 e. The van der Waals surface area contributed by atoms with Crippen LogP contribution in [0.15, 0.2) is 27.8 Å². The lowest BCUT2D eigenvalue weighted by molar-refractivity contribution is -0.119. The first-order chi connectivity index (χ1) is 13.1. The summed E-state index contributed by atoms with van der Waals surface area (Å²) in [4.78, 5) is 12.2. The van der Waals surface area contributed by atoms with Gasteiger partial charge in [0.25, 0.3) is 11.1 Å². The summed E-state index contributed by atoms with van der Waals surface area (Å²) in [5.74, 6) is 2.39. The molecule has 1 fully saturated rings. The van der Waals surface area contributed by atoms with E-state index in [-0.39, 0.29) is 17.7 Å². The lowest BCUT2D eigenvalue weighted by atomic mass is 9.86. The molecule has 0 bridgehead atoms. The maximum Gasteiger partial charge on any atom is 0.277 e. The number of carbonyl (C=O) groups excluding carboxylic acids is 1. The number of ether oxygens (including phenoxy) is 2. The van der Waals surface area contributed by atoms with Crippen molar-refractivity contribution in [3.63, 3.8) is 0 Å². The minimum absolute atomic E-state index is 0.000489. The molecular weight excluding hydrogens is 366 g/mol. The molecular formula is C19H25N3O4S. The van der Waals surface area contributed by atoms with Crippen molar-refractivity contribution < 1.29 is 18.7 Å². The predicted molar refractivity (Wildman–Crippen MR) is 103 cm³/mol. The zero-order valence-corrected chi connectivity index (χ0v) is 16.7. The Morgan fingerprint density at radius 1 is 1.26 bits per heavy atom. The van der Waals surface area contributed by atoms with E-state index < -0.39 is 0 Å². The van der Waals surface area contributed by atoms with E-state index in [1.807, 2.05) is 0 Å². The van der Waals surface area contributed by atoms with Gasteiger partial charge < -0.3 is 19.2 Å². The molecule has 1 aliphatic rings. The van der Waals surface area contributed by atoms with Crippen LogP contribution in [0.25, 0.3) is 11.5 Å². The summed E-state index contributed by atoms with van der Waals surface area (Å²) in [7, 11) is 3.16. The van der Waals surface area contributed by atoms with Crippen LogP contribution in [0.1, 0.15) is 32.6 Å². The lowest BCUT2D eigenvalue weighted by Crippen LogP contribution is -2.41. The van der Waals surface area contributed by atoms with Crippen molar-refractivity contribution in [2.45, 2.75) is 43.9 Å². The van der Waals surface area contributed by atoms with E-state index in [1.165, 1.54) is 31.0 Å². The summed E-state index contributed by atoms with van der Waals surface area (Å²) < 4.78 is 16.2. The van der Waals surface area contributed by atoms with E-state index in [2.05, 4.69) is 22.4 Å². The van der Waals surface area contributed by atoms with Crippen LogP contribution in [0.2, 0.25) is 0 Å². The Hall–Kier alpha value is -2.22. The Kier molecular flexibility index (Phi) is 6.60. The van der Waals surface area contributed by atoms with Gasteiger partial charge in [0.05, 0.1) is 25.5 Å². The van der Waals surface area contributed by atoms with Crippen LogP contribution < -0.4 is 14.8 Å². The normalized spacial score (nSPS) is 19.5. The molecule has 0 unspecified atom stereocenters. The number of rotatable bonds is 7. The molecule has 1 heterocycles. The van der Waals surface area contributed by atoms with Crippen LogP contribution in [0.3, 0.4) is 0 Å². The van der Waals surface area contributed by atoms with Crippen LogP contribution in [-0.2, 0) is 4.79 Å². The molecule has 2 atom stereocenters. The molecule has 3 rings (SSSR count). The number of carbonyl (C=O) groups is 1. The first kappa shape index (κ1) is 19.5. The molecule has 1 aromatic heterocycles. The Morgan fingerprint density at radius 3 is 2.81 bits per heavy atom. The number of amides is 1. The minimum atomic E-state index is 0.000489. The van der Waals surface area contributed by atoms with Crippen molar-refractivity contribution >= 4 is 17.7 Å². The van der Waals surface area contributed by atoms with Gasteiger partial charge in [0.15, 0.2) is 0 Å². The molecule has 8 heteroatoms. The number of thioether (sulfide) groups is 1. The lowest BCUT2D eigenvalue weighted by Gasteiger charge is -2.29. The number of nitrogens with zero attached hydrogens (tertiary/aromatic N) is 2. The van der Waals surface area contributed by atoms with E-state index in [9.17, 15) is 4.79 Å². The molecule has 146 valence electrons. The first-order valence-electron chi connectivity index (χ1n) is 9.08. The number of hydrogen-bond acceptors (Lipinski definition) is 7. The monoisotopic (exact) mass is 391 g/mol. The molecule has 1 amide bonds. The van der Waals surface area contributed by atoms with Gasteiger partial charge in [-0.15, -0.1) is 10.2 Å². The van der Waals surface area contributed by atoms with Gasteiger partial charge in [-0.2, -0.15) is 0 Å².